The number of benzene rings is 1. The van der Waals surface area contributed by atoms with Crippen molar-refractivity contribution in [2.24, 2.45) is 16.8 Å². The van der Waals surface area contributed by atoms with E-state index < -0.39 is 16.1 Å². The maximum absolute atomic E-state index is 12.4. The number of hydrogen-bond donors (Lipinski definition) is 2. The molecule has 0 aliphatic carbocycles. The van der Waals surface area contributed by atoms with Gasteiger partial charge in [0.2, 0.25) is 15.9 Å². The second kappa shape index (κ2) is 7.50. The average molecular weight is 354 g/mol. The van der Waals surface area contributed by atoms with Gasteiger partial charge in [-0.3, -0.25) is 4.79 Å². The first-order chi connectivity index (χ1) is 11.2. The molecule has 1 amide bonds. The lowest BCUT2D eigenvalue weighted by atomic mass is 9.98. The van der Waals surface area contributed by atoms with Crippen LogP contribution in [0, 0.1) is 5.92 Å². The van der Waals surface area contributed by atoms with Crippen LogP contribution >= 0.6 is 0 Å². The van der Waals surface area contributed by atoms with Gasteiger partial charge >= 0.3 is 0 Å². The topological polar surface area (TPSA) is 110 Å². The largest absolute Gasteiger partial charge is 0.368 e. The van der Waals surface area contributed by atoms with Crippen molar-refractivity contribution in [1.82, 2.24) is 4.90 Å². The summed E-state index contributed by atoms with van der Waals surface area (Å²) in [6.07, 6.45) is 0.878. The number of amides is 1. The SMILES string of the molecule is CCC(C)C(N)C(=O)N1CCN(c2ccc(S(N)(=O)=O)cc2)CC1. The summed E-state index contributed by atoms with van der Waals surface area (Å²) in [4.78, 5) is 16.4. The smallest absolute Gasteiger partial charge is 0.239 e. The zero-order valence-corrected chi connectivity index (χ0v) is 15.0. The molecule has 24 heavy (non-hydrogen) atoms. The minimum Gasteiger partial charge on any atom is -0.368 e. The van der Waals surface area contributed by atoms with Crippen LogP contribution in [0.1, 0.15) is 20.3 Å². The molecule has 0 spiro atoms. The fourth-order valence-electron chi connectivity index (χ4n) is 2.74. The van der Waals surface area contributed by atoms with E-state index in [0.717, 1.165) is 12.1 Å². The molecular weight excluding hydrogens is 328 g/mol. The molecule has 1 saturated heterocycles. The molecule has 8 heteroatoms. The lowest BCUT2D eigenvalue weighted by Gasteiger charge is -2.37. The van der Waals surface area contributed by atoms with E-state index in [9.17, 15) is 13.2 Å². The normalized spacial score (nSPS) is 18.3. The second-order valence-electron chi connectivity index (χ2n) is 6.26. The van der Waals surface area contributed by atoms with E-state index in [1.165, 1.54) is 12.1 Å². The number of sulfonamides is 1. The number of rotatable bonds is 5. The number of carbonyl (C=O) groups is 1. The van der Waals surface area contributed by atoms with Crippen molar-refractivity contribution in [1.29, 1.82) is 0 Å². The van der Waals surface area contributed by atoms with Gasteiger partial charge in [-0.05, 0) is 30.2 Å². The van der Waals surface area contributed by atoms with Gasteiger partial charge in [-0.15, -0.1) is 0 Å². The third-order valence-corrected chi connectivity index (χ3v) is 5.59. The summed E-state index contributed by atoms with van der Waals surface area (Å²) in [5.74, 6) is 0.176. The van der Waals surface area contributed by atoms with Crippen LogP contribution in [0.15, 0.2) is 29.2 Å². The van der Waals surface area contributed by atoms with Gasteiger partial charge in [0.1, 0.15) is 0 Å². The molecule has 134 valence electrons. The van der Waals surface area contributed by atoms with E-state index in [1.807, 2.05) is 18.7 Å². The molecule has 1 heterocycles. The molecule has 2 atom stereocenters. The van der Waals surface area contributed by atoms with E-state index in [0.29, 0.717) is 26.2 Å². The van der Waals surface area contributed by atoms with Crippen LogP contribution in [0.25, 0.3) is 0 Å². The van der Waals surface area contributed by atoms with E-state index in [1.54, 1.807) is 12.1 Å². The molecule has 0 bridgehead atoms. The summed E-state index contributed by atoms with van der Waals surface area (Å²) in [6, 6.07) is 6.03. The van der Waals surface area contributed by atoms with Crippen LogP contribution in [0.3, 0.4) is 0 Å². The molecule has 2 unspecified atom stereocenters. The van der Waals surface area contributed by atoms with Crippen molar-refractivity contribution >= 4 is 21.6 Å². The Morgan fingerprint density at radius 3 is 2.17 bits per heavy atom. The Labute approximate surface area is 143 Å². The maximum atomic E-state index is 12.4. The highest BCUT2D eigenvalue weighted by molar-refractivity contribution is 7.89. The van der Waals surface area contributed by atoms with Crippen LogP contribution in [-0.2, 0) is 14.8 Å². The average Bonchev–Trinajstić information content (AvgIpc) is 2.59. The summed E-state index contributed by atoms with van der Waals surface area (Å²) in [5.41, 5.74) is 6.95. The van der Waals surface area contributed by atoms with Gasteiger partial charge in [0.25, 0.3) is 0 Å². The van der Waals surface area contributed by atoms with Crippen LogP contribution in [0.2, 0.25) is 0 Å². The molecule has 0 saturated carbocycles. The molecule has 1 fully saturated rings. The zero-order valence-electron chi connectivity index (χ0n) is 14.2. The number of hydrogen-bond acceptors (Lipinski definition) is 5. The van der Waals surface area contributed by atoms with Crippen molar-refractivity contribution in [2.75, 3.05) is 31.1 Å². The van der Waals surface area contributed by atoms with Gasteiger partial charge in [0.05, 0.1) is 10.9 Å². The van der Waals surface area contributed by atoms with Gasteiger partial charge in [0, 0.05) is 31.9 Å². The van der Waals surface area contributed by atoms with Crippen LogP contribution in [0.5, 0.6) is 0 Å². The van der Waals surface area contributed by atoms with Crippen molar-refractivity contribution < 1.29 is 13.2 Å². The Kier molecular flexibility index (Phi) is 5.84. The molecular formula is C16H26N4O3S. The summed E-state index contributed by atoms with van der Waals surface area (Å²) in [6.45, 7) is 6.62. The van der Waals surface area contributed by atoms with Gasteiger partial charge in [-0.1, -0.05) is 20.3 Å². The summed E-state index contributed by atoms with van der Waals surface area (Å²) in [5, 5.41) is 5.10. The van der Waals surface area contributed by atoms with Gasteiger partial charge in [-0.25, -0.2) is 13.6 Å². The Balaban J connectivity index is 1.96. The fraction of sp³-hybridized carbons (Fsp3) is 0.562. The highest BCUT2D eigenvalue weighted by Gasteiger charge is 2.27. The van der Waals surface area contributed by atoms with E-state index in [-0.39, 0.29) is 16.7 Å². The zero-order chi connectivity index (χ0) is 17.9. The molecule has 1 aromatic carbocycles. The summed E-state index contributed by atoms with van der Waals surface area (Å²) in [7, 11) is -3.68. The highest BCUT2D eigenvalue weighted by atomic mass is 32.2. The van der Waals surface area contributed by atoms with Gasteiger partial charge < -0.3 is 15.5 Å². The first kappa shape index (κ1) is 18.7. The number of nitrogens with zero attached hydrogens (tertiary/aromatic N) is 2. The minimum absolute atomic E-state index is 0.00794. The lowest BCUT2D eigenvalue weighted by molar-refractivity contribution is -0.134. The van der Waals surface area contributed by atoms with E-state index >= 15 is 0 Å². The van der Waals surface area contributed by atoms with Gasteiger partial charge in [-0.2, -0.15) is 0 Å². The van der Waals surface area contributed by atoms with Crippen molar-refractivity contribution in [3.63, 3.8) is 0 Å². The number of nitrogens with two attached hydrogens (primary N) is 2. The summed E-state index contributed by atoms with van der Waals surface area (Å²) < 4.78 is 22.6. The van der Waals surface area contributed by atoms with Gasteiger partial charge in [0.15, 0.2) is 0 Å². The third kappa shape index (κ3) is 4.25. The Hall–Kier alpha value is -1.64. The van der Waals surface area contributed by atoms with Crippen LogP contribution in [-0.4, -0.2) is 51.4 Å². The predicted molar refractivity (Wildman–Crippen MR) is 94.0 cm³/mol. The molecule has 0 aromatic heterocycles. The third-order valence-electron chi connectivity index (χ3n) is 4.66. The molecule has 7 nitrogen and oxygen atoms in total. The van der Waals surface area contributed by atoms with Crippen LogP contribution < -0.4 is 15.8 Å². The Morgan fingerprint density at radius 2 is 1.71 bits per heavy atom. The van der Waals surface area contributed by atoms with Crippen LogP contribution in [0.4, 0.5) is 5.69 Å². The van der Waals surface area contributed by atoms with Crippen molar-refractivity contribution in [3.8, 4) is 0 Å². The molecule has 1 aliphatic rings. The maximum Gasteiger partial charge on any atom is 0.239 e. The standard InChI is InChI=1S/C16H26N4O3S/c1-3-12(2)15(17)16(21)20-10-8-19(9-11-20)13-4-6-14(7-5-13)24(18,22)23/h4-7,12,15H,3,8-11,17H2,1-2H3,(H2,18,22,23). The monoisotopic (exact) mass is 354 g/mol. The number of primary sulfonamides is 1. The lowest BCUT2D eigenvalue weighted by Crippen LogP contribution is -2.54. The second-order valence-corrected chi connectivity index (χ2v) is 7.82. The fourth-order valence-corrected chi connectivity index (χ4v) is 3.26. The molecule has 2 rings (SSSR count). The number of carbonyl (C=O) groups excluding carboxylic acids is 1. The Bertz CT molecular complexity index is 667. The van der Waals surface area contributed by atoms with Crippen molar-refractivity contribution in [3.05, 3.63) is 24.3 Å². The number of anilines is 1. The first-order valence-electron chi connectivity index (χ1n) is 8.16. The molecule has 0 radical (unpaired) electrons. The highest BCUT2D eigenvalue weighted by Crippen LogP contribution is 2.19. The number of piperazine rings is 1. The van der Waals surface area contributed by atoms with E-state index in [2.05, 4.69) is 4.90 Å². The molecule has 1 aliphatic heterocycles. The first-order valence-corrected chi connectivity index (χ1v) is 9.71. The van der Waals surface area contributed by atoms with Crippen molar-refractivity contribution in [2.45, 2.75) is 31.2 Å². The minimum atomic E-state index is -3.68. The Morgan fingerprint density at radius 1 is 1.17 bits per heavy atom. The predicted octanol–water partition coefficient (Wildman–Crippen LogP) is 0.356. The summed E-state index contributed by atoms with van der Waals surface area (Å²) >= 11 is 0. The quantitative estimate of drug-likeness (QED) is 0.793. The molecule has 4 N–H and O–H groups in total. The molecule has 1 aromatic rings. The van der Waals surface area contributed by atoms with E-state index in [4.69, 9.17) is 10.9 Å².